The van der Waals surface area contributed by atoms with E-state index in [2.05, 4.69) is 11.8 Å². The average molecular weight is 296 g/mol. The zero-order valence-electron chi connectivity index (χ0n) is 12.2. The summed E-state index contributed by atoms with van der Waals surface area (Å²) in [6, 6.07) is 7.40. The lowest BCUT2D eigenvalue weighted by atomic mass is 9.94. The number of sulfone groups is 1. The third kappa shape index (κ3) is 3.33. The molecular weight excluding hydrogens is 272 g/mol. The number of piperidine rings is 1. The van der Waals surface area contributed by atoms with Gasteiger partial charge in [0.2, 0.25) is 0 Å². The van der Waals surface area contributed by atoms with Gasteiger partial charge in [-0.25, -0.2) is 8.42 Å². The van der Waals surface area contributed by atoms with Crippen LogP contribution in [0.5, 0.6) is 0 Å². The molecule has 0 aromatic heterocycles. The standard InChI is InChI=1S/C15H24N2O2S/c1-3-10-20(18,19)14-6-4-13(5-7-14)17-9-8-12(2)15(16)11-17/h4-7,12,15H,3,8-11,16H2,1-2H3. The van der Waals surface area contributed by atoms with E-state index in [0.717, 1.165) is 25.2 Å². The third-order valence-electron chi connectivity index (χ3n) is 4.05. The average Bonchev–Trinajstić information content (AvgIpc) is 2.42. The Morgan fingerprint density at radius 3 is 2.50 bits per heavy atom. The van der Waals surface area contributed by atoms with Crippen molar-refractivity contribution in [3.63, 3.8) is 0 Å². The van der Waals surface area contributed by atoms with Crippen molar-refractivity contribution in [2.24, 2.45) is 11.7 Å². The second-order valence-electron chi connectivity index (χ2n) is 5.69. The molecule has 2 rings (SSSR count). The zero-order chi connectivity index (χ0) is 14.8. The predicted octanol–water partition coefficient (Wildman–Crippen LogP) is 2.04. The van der Waals surface area contributed by atoms with Gasteiger partial charge in [-0.1, -0.05) is 13.8 Å². The van der Waals surface area contributed by atoms with Crippen molar-refractivity contribution in [1.29, 1.82) is 0 Å². The summed E-state index contributed by atoms with van der Waals surface area (Å²) in [5, 5.41) is 0. The molecular formula is C15H24N2O2S. The molecule has 1 heterocycles. The number of nitrogens with two attached hydrogens (primary N) is 1. The van der Waals surface area contributed by atoms with Crippen molar-refractivity contribution in [1.82, 2.24) is 0 Å². The Bertz CT molecular complexity index is 539. The summed E-state index contributed by atoms with van der Waals surface area (Å²) in [6.45, 7) is 5.88. The lowest BCUT2D eigenvalue weighted by Gasteiger charge is -2.36. The van der Waals surface area contributed by atoms with Gasteiger partial charge in [0.15, 0.2) is 9.84 Å². The fraction of sp³-hybridized carbons (Fsp3) is 0.600. The summed E-state index contributed by atoms with van der Waals surface area (Å²) in [6.07, 6.45) is 1.72. The molecule has 1 aromatic carbocycles. The second-order valence-corrected chi connectivity index (χ2v) is 7.80. The molecule has 112 valence electrons. The van der Waals surface area contributed by atoms with Crippen molar-refractivity contribution < 1.29 is 8.42 Å². The Balaban J connectivity index is 2.13. The Hall–Kier alpha value is -1.07. The number of nitrogens with zero attached hydrogens (tertiary/aromatic N) is 1. The molecule has 20 heavy (non-hydrogen) atoms. The van der Waals surface area contributed by atoms with Crippen molar-refractivity contribution >= 4 is 15.5 Å². The molecule has 0 spiro atoms. The maximum Gasteiger partial charge on any atom is 0.178 e. The molecule has 1 aliphatic heterocycles. The number of anilines is 1. The van der Waals surface area contributed by atoms with Crippen LogP contribution >= 0.6 is 0 Å². The fourth-order valence-electron chi connectivity index (χ4n) is 2.58. The van der Waals surface area contributed by atoms with E-state index in [1.54, 1.807) is 12.1 Å². The van der Waals surface area contributed by atoms with Gasteiger partial charge in [-0.3, -0.25) is 0 Å². The highest BCUT2D eigenvalue weighted by atomic mass is 32.2. The molecule has 0 aliphatic carbocycles. The van der Waals surface area contributed by atoms with E-state index in [0.29, 0.717) is 17.2 Å². The van der Waals surface area contributed by atoms with Crippen LogP contribution in [0.25, 0.3) is 0 Å². The van der Waals surface area contributed by atoms with Gasteiger partial charge in [0.1, 0.15) is 0 Å². The summed E-state index contributed by atoms with van der Waals surface area (Å²) in [5.41, 5.74) is 7.17. The quantitative estimate of drug-likeness (QED) is 0.923. The summed E-state index contributed by atoms with van der Waals surface area (Å²) in [4.78, 5) is 2.65. The minimum Gasteiger partial charge on any atom is -0.370 e. The van der Waals surface area contributed by atoms with Crippen molar-refractivity contribution in [2.75, 3.05) is 23.7 Å². The number of rotatable bonds is 4. The third-order valence-corrected chi connectivity index (χ3v) is 5.99. The van der Waals surface area contributed by atoms with E-state index in [4.69, 9.17) is 5.73 Å². The van der Waals surface area contributed by atoms with Gasteiger partial charge in [-0.05, 0) is 43.0 Å². The van der Waals surface area contributed by atoms with E-state index in [1.165, 1.54) is 0 Å². The number of hydrogen-bond donors (Lipinski definition) is 1. The molecule has 1 aromatic rings. The summed E-state index contributed by atoms with van der Waals surface area (Å²) >= 11 is 0. The van der Waals surface area contributed by atoms with E-state index >= 15 is 0 Å². The molecule has 0 saturated carbocycles. The molecule has 0 radical (unpaired) electrons. The van der Waals surface area contributed by atoms with Crippen LogP contribution in [-0.4, -0.2) is 33.3 Å². The molecule has 0 amide bonds. The molecule has 0 bridgehead atoms. The lowest BCUT2D eigenvalue weighted by Crippen LogP contribution is -2.47. The van der Waals surface area contributed by atoms with Gasteiger partial charge >= 0.3 is 0 Å². The molecule has 1 fully saturated rings. The zero-order valence-corrected chi connectivity index (χ0v) is 13.1. The summed E-state index contributed by atoms with van der Waals surface area (Å²) < 4.78 is 24.0. The molecule has 2 atom stereocenters. The highest BCUT2D eigenvalue weighted by molar-refractivity contribution is 7.91. The van der Waals surface area contributed by atoms with E-state index in [-0.39, 0.29) is 11.8 Å². The van der Waals surface area contributed by atoms with Gasteiger partial charge in [0.25, 0.3) is 0 Å². The predicted molar refractivity (Wildman–Crippen MR) is 82.8 cm³/mol. The minimum absolute atomic E-state index is 0.187. The van der Waals surface area contributed by atoms with E-state index in [1.807, 2.05) is 19.1 Å². The lowest BCUT2D eigenvalue weighted by molar-refractivity contribution is 0.379. The van der Waals surface area contributed by atoms with Gasteiger partial charge < -0.3 is 10.6 Å². The Morgan fingerprint density at radius 2 is 1.95 bits per heavy atom. The van der Waals surface area contributed by atoms with Crippen LogP contribution in [0.15, 0.2) is 29.2 Å². The van der Waals surface area contributed by atoms with Crippen molar-refractivity contribution in [3.8, 4) is 0 Å². The Kier molecular flexibility index (Phi) is 4.70. The van der Waals surface area contributed by atoms with Crippen molar-refractivity contribution in [3.05, 3.63) is 24.3 Å². The molecule has 2 unspecified atom stereocenters. The first-order chi connectivity index (χ1) is 9.44. The minimum atomic E-state index is -3.12. The van der Waals surface area contributed by atoms with Crippen molar-refractivity contribution in [2.45, 2.75) is 37.6 Å². The SMILES string of the molecule is CCCS(=O)(=O)c1ccc(N2CCC(C)C(N)C2)cc1. The van der Waals surface area contributed by atoms with E-state index < -0.39 is 9.84 Å². The van der Waals surface area contributed by atoms with Gasteiger partial charge in [0.05, 0.1) is 10.6 Å². The Morgan fingerprint density at radius 1 is 1.30 bits per heavy atom. The summed E-state index contributed by atoms with van der Waals surface area (Å²) in [5.74, 6) is 0.758. The molecule has 1 saturated heterocycles. The maximum absolute atomic E-state index is 12.0. The Labute approximate surface area is 121 Å². The fourth-order valence-corrected chi connectivity index (χ4v) is 3.91. The molecule has 5 heteroatoms. The van der Waals surface area contributed by atoms with Gasteiger partial charge in [0, 0.05) is 24.8 Å². The monoisotopic (exact) mass is 296 g/mol. The van der Waals surface area contributed by atoms with Crippen LogP contribution in [-0.2, 0) is 9.84 Å². The highest BCUT2D eigenvalue weighted by Gasteiger charge is 2.23. The molecule has 2 N–H and O–H groups in total. The van der Waals surface area contributed by atoms with Gasteiger partial charge in [-0.15, -0.1) is 0 Å². The molecule has 1 aliphatic rings. The summed E-state index contributed by atoms with van der Waals surface area (Å²) in [7, 11) is -3.12. The van der Waals surface area contributed by atoms with Crippen LogP contribution < -0.4 is 10.6 Å². The molecule has 4 nitrogen and oxygen atoms in total. The first kappa shape index (κ1) is 15.3. The first-order valence-corrected chi connectivity index (χ1v) is 8.92. The van der Waals surface area contributed by atoms with Crippen LogP contribution in [0.2, 0.25) is 0 Å². The van der Waals surface area contributed by atoms with Crippen LogP contribution in [0.4, 0.5) is 5.69 Å². The topological polar surface area (TPSA) is 63.4 Å². The number of hydrogen-bond acceptors (Lipinski definition) is 4. The second kappa shape index (κ2) is 6.14. The van der Waals surface area contributed by atoms with Gasteiger partial charge in [-0.2, -0.15) is 0 Å². The normalized spacial score (nSPS) is 23.9. The maximum atomic E-state index is 12.0. The smallest absolute Gasteiger partial charge is 0.178 e. The van der Waals surface area contributed by atoms with Crippen LogP contribution in [0.1, 0.15) is 26.7 Å². The largest absolute Gasteiger partial charge is 0.370 e. The number of benzene rings is 1. The van der Waals surface area contributed by atoms with E-state index in [9.17, 15) is 8.42 Å². The van der Waals surface area contributed by atoms with Crippen LogP contribution in [0, 0.1) is 5.92 Å². The highest BCUT2D eigenvalue weighted by Crippen LogP contribution is 2.24. The van der Waals surface area contributed by atoms with Crippen LogP contribution in [0.3, 0.4) is 0 Å². The first-order valence-electron chi connectivity index (χ1n) is 7.27.